The fraction of sp³-hybridized carbons (Fsp3) is 0.136. The highest BCUT2D eigenvalue weighted by Crippen LogP contribution is 2.28. The van der Waals surface area contributed by atoms with Crippen molar-refractivity contribution in [3.8, 4) is 34.0 Å². The number of hydrogen-bond acceptors (Lipinski definition) is 6. The lowest BCUT2D eigenvalue weighted by molar-refractivity contribution is 0.581. The lowest BCUT2D eigenvalue weighted by atomic mass is 10.1. The molecule has 0 saturated carbocycles. The van der Waals surface area contributed by atoms with Gasteiger partial charge in [-0.15, -0.1) is 10.2 Å². The summed E-state index contributed by atoms with van der Waals surface area (Å²) in [5.41, 5.74) is 5.38. The standard InChI is InChI=1S/C22H18N6O2/c1-12-11-16(9-10-23-12)20-25-26-21(30-20)18-13(2)24-19-17(15-7-5-4-6-8-15)14(3)27-28(19)22(18)29/h4-11,27H,1-3H3. The molecule has 0 saturated heterocycles. The van der Waals surface area contributed by atoms with E-state index < -0.39 is 0 Å². The van der Waals surface area contributed by atoms with Crippen LogP contribution >= 0.6 is 0 Å². The minimum absolute atomic E-state index is 0.136. The number of aromatic amines is 1. The second-order valence-corrected chi connectivity index (χ2v) is 7.11. The van der Waals surface area contributed by atoms with Gasteiger partial charge in [0.05, 0.1) is 5.69 Å². The van der Waals surface area contributed by atoms with Gasteiger partial charge in [0.25, 0.3) is 11.4 Å². The Bertz CT molecular complexity index is 1450. The average Bonchev–Trinajstić information content (AvgIpc) is 3.33. The van der Waals surface area contributed by atoms with E-state index in [4.69, 9.17) is 9.40 Å². The van der Waals surface area contributed by atoms with Gasteiger partial charge >= 0.3 is 0 Å². The van der Waals surface area contributed by atoms with Crippen molar-refractivity contribution in [1.82, 2.24) is 29.8 Å². The summed E-state index contributed by atoms with van der Waals surface area (Å²) >= 11 is 0. The molecule has 4 heterocycles. The predicted molar refractivity (Wildman–Crippen MR) is 112 cm³/mol. The number of fused-ring (bicyclic) bond motifs is 1. The Labute approximate surface area is 171 Å². The first-order valence-electron chi connectivity index (χ1n) is 9.47. The Hall–Kier alpha value is -4.07. The number of aryl methyl sites for hydroxylation is 3. The van der Waals surface area contributed by atoms with E-state index in [1.54, 1.807) is 19.2 Å². The van der Waals surface area contributed by atoms with Gasteiger partial charge in [0.15, 0.2) is 5.65 Å². The number of nitrogens with one attached hydrogen (secondary N) is 1. The van der Waals surface area contributed by atoms with Gasteiger partial charge in [0, 0.05) is 28.7 Å². The third-order valence-corrected chi connectivity index (χ3v) is 4.99. The summed E-state index contributed by atoms with van der Waals surface area (Å²) in [4.78, 5) is 22.2. The van der Waals surface area contributed by atoms with E-state index in [2.05, 4.69) is 20.3 Å². The second-order valence-electron chi connectivity index (χ2n) is 7.11. The van der Waals surface area contributed by atoms with Crippen LogP contribution in [-0.4, -0.2) is 29.8 Å². The van der Waals surface area contributed by atoms with Gasteiger partial charge < -0.3 is 4.42 Å². The van der Waals surface area contributed by atoms with Crippen LogP contribution in [-0.2, 0) is 0 Å². The van der Waals surface area contributed by atoms with Gasteiger partial charge in [0.2, 0.25) is 5.89 Å². The van der Waals surface area contributed by atoms with E-state index in [9.17, 15) is 4.79 Å². The van der Waals surface area contributed by atoms with Crippen molar-refractivity contribution in [1.29, 1.82) is 0 Å². The molecule has 0 amide bonds. The highest BCUT2D eigenvalue weighted by Gasteiger charge is 2.22. The average molecular weight is 398 g/mol. The van der Waals surface area contributed by atoms with E-state index in [1.807, 2.05) is 50.2 Å². The van der Waals surface area contributed by atoms with Gasteiger partial charge in [-0.25, -0.2) is 9.50 Å². The Morgan fingerprint density at radius 3 is 2.47 bits per heavy atom. The summed E-state index contributed by atoms with van der Waals surface area (Å²) in [7, 11) is 0. The molecule has 0 spiro atoms. The summed E-state index contributed by atoms with van der Waals surface area (Å²) in [5.74, 6) is 0.462. The molecular formula is C22H18N6O2. The molecule has 0 radical (unpaired) electrons. The Kier molecular flexibility index (Phi) is 4.06. The van der Waals surface area contributed by atoms with Crippen molar-refractivity contribution < 1.29 is 4.42 Å². The lowest BCUT2D eigenvalue weighted by Crippen LogP contribution is -2.19. The Morgan fingerprint density at radius 2 is 1.70 bits per heavy atom. The molecule has 8 nitrogen and oxygen atoms in total. The van der Waals surface area contributed by atoms with Crippen LogP contribution < -0.4 is 5.56 Å². The molecule has 0 bridgehead atoms. The van der Waals surface area contributed by atoms with Gasteiger partial charge in [-0.1, -0.05) is 30.3 Å². The summed E-state index contributed by atoms with van der Waals surface area (Å²) in [6.45, 7) is 5.57. The quantitative estimate of drug-likeness (QED) is 0.497. The molecule has 0 aliphatic rings. The van der Waals surface area contributed by atoms with Crippen LogP contribution in [0.2, 0.25) is 0 Å². The van der Waals surface area contributed by atoms with Crippen LogP contribution in [0, 0.1) is 20.8 Å². The first kappa shape index (κ1) is 18.0. The molecule has 1 aromatic carbocycles. The maximum Gasteiger partial charge on any atom is 0.285 e. The smallest absolute Gasteiger partial charge is 0.285 e. The van der Waals surface area contributed by atoms with Crippen molar-refractivity contribution in [2.45, 2.75) is 20.8 Å². The minimum Gasteiger partial charge on any atom is -0.416 e. The highest BCUT2D eigenvalue weighted by atomic mass is 16.4. The topological polar surface area (TPSA) is 102 Å². The third-order valence-electron chi connectivity index (χ3n) is 4.99. The molecule has 5 rings (SSSR count). The first-order chi connectivity index (χ1) is 14.5. The maximum atomic E-state index is 13.3. The third kappa shape index (κ3) is 2.81. The zero-order valence-electron chi connectivity index (χ0n) is 16.7. The van der Waals surface area contributed by atoms with Crippen LogP contribution in [0.5, 0.6) is 0 Å². The summed E-state index contributed by atoms with van der Waals surface area (Å²) < 4.78 is 7.26. The molecule has 0 unspecified atom stereocenters. The number of H-pyrrole nitrogens is 1. The van der Waals surface area contributed by atoms with Gasteiger partial charge in [-0.05, 0) is 38.5 Å². The Morgan fingerprint density at radius 1 is 0.933 bits per heavy atom. The number of hydrogen-bond donors (Lipinski definition) is 1. The first-order valence-corrected chi connectivity index (χ1v) is 9.47. The van der Waals surface area contributed by atoms with E-state index >= 15 is 0 Å². The van der Waals surface area contributed by atoms with Crippen LogP contribution in [0.3, 0.4) is 0 Å². The second kappa shape index (κ2) is 6.77. The molecule has 5 aromatic rings. The molecule has 1 N–H and O–H groups in total. The van der Waals surface area contributed by atoms with E-state index in [0.717, 1.165) is 28.1 Å². The molecule has 4 aromatic heterocycles. The van der Waals surface area contributed by atoms with Crippen LogP contribution in [0.1, 0.15) is 17.1 Å². The highest BCUT2D eigenvalue weighted by molar-refractivity contribution is 5.80. The molecule has 30 heavy (non-hydrogen) atoms. The number of nitrogens with zero attached hydrogens (tertiary/aromatic N) is 5. The molecule has 148 valence electrons. The van der Waals surface area contributed by atoms with Crippen molar-refractivity contribution >= 4 is 5.65 Å². The van der Waals surface area contributed by atoms with Crippen molar-refractivity contribution in [2.75, 3.05) is 0 Å². The number of aromatic nitrogens is 6. The van der Waals surface area contributed by atoms with E-state index in [0.29, 0.717) is 17.2 Å². The SMILES string of the molecule is Cc1cc(-c2nnc(-c3c(C)nc4c(-c5ccccc5)c(C)[nH]n4c3=O)o2)ccn1. The number of pyridine rings is 1. The molecule has 0 fully saturated rings. The van der Waals surface area contributed by atoms with Crippen molar-refractivity contribution in [2.24, 2.45) is 0 Å². The monoisotopic (exact) mass is 398 g/mol. The van der Waals surface area contributed by atoms with Crippen LogP contribution in [0.4, 0.5) is 0 Å². The number of benzene rings is 1. The van der Waals surface area contributed by atoms with Crippen LogP contribution in [0.15, 0.2) is 57.9 Å². The fourth-order valence-corrected chi connectivity index (χ4v) is 3.61. The summed E-state index contributed by atoms with van der Waals surface area (Å²) in [6.07, 6.45) is 1.68. The zero-order chi connectivity index (χ0) is 20.8. The van der Waals surface area contributed by atoms with Gasteiger partial charge in [0.1, 0.15) is 5.56 Å². The van der Waals surface area contributed by atoms with Gasteiger partial charge in [-0.3, -0.25) is 14.9 Å². The molecule has 0 aliphatic heterocycles. The molecule has 0 aliphatic carbocycles. The molecular weight excluding hydrogens is 380 g/mol. The Balaban J connectivity index is 1.68. The zero-order valence-corrected chi connectivity index (χ0v) is 16.7. The van der Waals surface area contributed by atoms with Crippen molar-refractivity contribution in [3.05, 3.63) is 76.1 Å². The molecule has 8 heteroatoms. The van der Waals surface area contributed by atoms with Crippen molar-refractivity contribution in [3.63, 3.8) is 0 Å². The van der Waals surface area contributed by atoms with E-state index in [1.165, 1.54) is 4.52 Å². The normalized spacial score (nSPS) is 11.3. The maximum absolute atomic E-state index is 13.3. The molecule has 0 atom stereocenters. The fourth-order valence-electron chi connectivity index (χ4n) is 3.61. The predicted octanol–water partition coefficient (Wildman–Crippen LogP) is 3.73. The number of rotatable bonds is 3. The van der Waals surface area contributed by atoms with Gasteiger partial charge in [-0.2, -0.15) is 0 Å². The summed E-state index contributed by atoms with van der Waals surface area (Å²) in [5, 5.41) is 11.3. The van der Waals surface area contributed by atoms with Crippen LogP contribution in [0.25, 0.3) is 39.7 Å². The largest absolute Gasteiger partial charge is 0.416 e. The minimum atomic E-state index is -0.288. The lowest BCUT2D eigenvalue weighted by Gasteiger charge is -2.03. The van der Waals surface area contributed by atoms with E-state index in [-0.39, 0.29) is 17.0 Å². The summed E-state index contributed by atoms with van der Waals surface area (Å²) in [6, 6.07) is 13.5.